The van der Waals surface area contributed by atoms with E-state index in [4.69, 9.17) is 5.73 Å². The standard InChI is InChI=1S/C10H20N2O/c1-12-10(13)9(7-11)8-5-3-2-4-6-8/h8-9H,2-7,11H2,1H3,(H,12,13). The number of carbonyl (C=O) groups is 1. The minimum atomic E-state index is 0.0466. The van der Waals surface area contributed by atoms with Gasteiger partial charge in [0.05, 0.1) is 5.92 Å². The summed E-state index contributed by atoms with van der Waals surface area (Å²) in [5.74, 6) is 0.693. The maximum absolute atomic E-state index is 11.5. The predicted molar refractivity (Wildman–Crippen MR) is 53.2 cm³/mol. The highest BCUT2D eigenvalue weighted by molar-refractivity contribution is 5.78. The molecule has 1 aliphatic rings. The molecule has 1 unspecified atom stereocenters. The quantitative estimate of drug-likeness (QED) is 0.684. The number of hydrogen-bond acceptors (Lipinski definition) is 2. The van der Waals surface area contributed by atoms with Crippen LogP contribution in [0.5, 0.6) is 0 Å². The van der Waals surface area contributed by atoms with Gasteiger partial charge in [-0.1, -0.05) is 19.3 Å². The van der Waals surface area contributed by atoms with Crippen LogP contribution in [0.1, 0.15) is 32.1 Å². The second-order valence-corrected chi connectivity index (χ2v) is 3.85. The van der Waals surface area contributed by atoms with Crippen molar-refractivity contribution in [2.45, 2.75) is 32.1 Å². The van der Waals surface area contributed by atoms with Gasteiger partial charge in [-0.15, -0.1) is 0 Å². The Morgan fingerprint density at radius 1 is 1.46 bits per heavy atom. The lowest BCUT2D eigenvalue weighted by atomic mass is 9.79. The third-order valence-corrected chi connectivity index (χ3v) is 3.06. The van der Waals surface area contributed by atoms with Gasteiger partial charge in [0.15, 0.2) is 0 Å². The lowest BCUT2D eigenvalue weighted by Crippen LogP contribution is -2.38. The second-order valence-electron chi connectivity index (χ2n) is 3.85. The molecule has 0 aromatic rings. The molecule has 0 spiro atoms. The van der Waals surface area contributed by atoms with E-state index in [-0.39, 0.29) is 11.8 Å². The van der Waals surface area contributed by atoms with Gasteiger partial charge < -0.3 is 11.1 Å². The molecule has 76 valence electrons. The molecule has 0 aromatic carbocycles. The van der Waals surface area contributed by atoms with Gasteiger partial charge in [-0.2, -0.15) is 0 Å². The SMILES string of the molecule is CNC(=O)C(CN)C1CCCCC1. The molecular formula is C10H20N2O. The third kappa shape index (κ3) is 2.69. The Labute approximate surface area is 80.1 Å². The maximum Gasteiger partial charge on any atom is 0.224 e. The molecule has 1 amide bonds. The van der Waals surface area contributed by atoms with Crippen LogP contribution in [0.3, 0.4) is 0 Å². The summed E-state index contributed by atoms with van der Waals surface area (Å²) in [4.78, 5) is 11.5. The number of rotatable bonds is 3. The van der Waals surface area contributed by atoms with Crippen LogP contribution in [0.15, 0.2) is 0 Å². The van der Waals surface area contributed by atoms with Crippen molar-refractivity contribution in [3.8, 4) is 0 Å². The molecule has 1 aliphatic carbocycles. The van der Waals surface area contributed by atoms with Crippen LogP contribution in [0, 0.1) is 11.8 Å². The first-order valence-corrected chi connectivity index (χ1v) is 5.21. The smallest absolute Gasteiger partial charge is 0.224 e. The van der Waals surface area contributed by atoms with Gasteiger partial charge in [0.2, 0.25) is 5.91 Å². The Hall–Kier alpha value is -0.570. The molecule has 0 radical (unpaired) electrons. The van der Waals surface area contributed by atoms with Crippen LogP contribution in [-0.2, 0) is 4.79 Å². The molecule has 1 rings (SSSR count). The van der Waals surface area contributed by atoms with Crippen molar-refractivity contribution in [1.82, 2.24) is 5.32 Å². The summed E-state index contributed by atoms with van der Waals surface area (Å²) in [6.45, 7) is 0.490. The van der Waals surface area contributed by atoms with Gasteiger partial charge in [-0.05, 0) is 18.8 Å². The van der Waals surface area contributed by atoms with Crippen LogP contribution in [-0.4, -0.2) is 19.5 Å². The zero-order valence-corrected chi connectivity index (χ0v) is 8.38. The highest BCUT2D eigenvalue weighted by atomic mass is 16.1. The molecule has 0 aromatic heterocycles. The molecular weight excluding hydrogens is 164 g/mol. The van der Waals surface area contributed by atoms with Crippen LogP contribution < -0.4 is 11.1 Å². The Bertz CT molecular complexity index is 164. The number of hydrogen-bond donors (Lipinski definition) is 2. The number of carbonyl (C=O) groups excluding carboxylic acids is 1. The molecule has 1 atom stereocenters. The van der Waals surface area contributed by atoms with E-state index in [0.717, 1.165) is 0 Å². The summed E-state index contributed by atoms with van der Waals surface area (Å²) in [7, 11) is 1.69. The minimum absolute atomic E-state index is 0.0466. The topological polar surface area (TPSA) is 55.1 Å². The second kappa shape index (κ2) is 5.22. The van der Waals surface area contributed by atoms with E-state index in [1.54, 1.807) is 7.05 Å². The molecule has 0 aliphatic heterocycles. The summed E-state index contributed by atoms with van der Waals surface area (Å²) < 4.78 is 0. The number of nitrogens with one attached hydrogen (secondary N) is 1. The summed E-state index contributed by atoms with van der Waals surface area (Å²) >= 11 is 0. The van der Waals surface area contributed by atoms with Crippen LogP contribution in [0.25, 0.3) is 0 Å². The zero-order chi connectivity index (χ0) is 9.68. The lowest BCUT2D eigenvalue weighted by Gasteiger charge is -2.27. The predicted octanol–water partition coefficient (Wildman–Crippen LogP) is 0.888. The molecule has 3 nitrogen and oxygen atoms in total. The zero-order valence-electron chi connectivity index (χ0n) is 8.38. The third-order valence-electron chi connectivity index (χ3n) is 3.06. The molecule has 3 heteroatoms. The maximum atomic E-state index is 11.5. The molecule has 1 fully saturated rings. The van der Waals surface area contributed by atoms with Gasteiger partial charge >= 0.3 is 0 Å². The number of nitrogens with two attached hydrogens (primary N) is 1. The highest BCUT2D eigenvalue weighted by Gasteiger charge is 2.27. The fourth-order valence-electron chi connectivity index (χ4n) is 2.24. The first-order chi connectivity index (χ1) is 6.29. The average Bonchev–Trinajstić information content (AvgIpc) is 2.20. The van der Waals surface area contributed by atoms with Crippen molar-refractivity contribution in [1.29, 1.82) is 0 Å². The van der Waals surface area contributed by atoms with Gasteiger partial charge in [0.25, 0.3) is 0 Å². The fraction of sp³-hybridized carbons (Fsp3) is 0.900. The van der Waals surface area contributed by atoms with E-state index >= 15 is 0 Å². The minimum Gasteiger partial charge on any atom is -0.359 e. The number of amides is 1. The van der Waals surface area contributed by atoms with Crippen LogP contribution in [0.4, 0.5) is 0 Å². The highest BCUT2D eigenvalue weighted by Crippen LogP contribution is 2.29. The van der Waals surface area contributed by atoms with Crippen molar-refractivity contribution < 1.29 is 4.79 Å². The van der Waals surface area contributed by atoms with Crippen LogP contribution >= 0.6 is 0 Å². The summed E-state index contributed by atoms with van der Waals surface area (Å²) in [6, 6.07) is 0. The largest absolute Gasteiger partial charge is 0.359 e. The molecule has 0 heterocycles. The first-order valence-electron chi connectivity index (χ1n) is 5.21. The van der Waals surface area contributed by atoms with Crippen LogP contribution in [0.2, 0.25) is 0 Å². The van der Waals surface area contributed by atoms with Crippen molar-refractivity contribution in [2.75, 3.05) is 13.6 Å². The first kappa shape index (κ1) is 10.5. The Kier molecular flexibility index (Phi) is 4.22. The van der Waals surface area contributed by atoms with Crippen molar-refractivity contribution in [2.24, 2.45) is 17.6 Å². The van der Waals surface area contributed by atoms with Crippen molar-refractivity contribution in [3.63, 3.8) is 0 Å². The van der Waals surface area contributed by atoms with Crippen molar-refractivity contribution >= 4 is 5.91 Å². The molecule has 3 N–H and O–H groups in total. The summed E-state index contributed by atoms with van der Waals surface area (Å²) in [5, 5.41) is 2.69. The molecule has 1 saturated carbocycles. The lowest BCUT2D eigenvalue weighted by molar-refractivity contribution is -0.126. The molecule has 0 bridgehead atoms. The Morgan fingerprint density at radius 2 is 2.08 bits per heavy atom. The van der Waals surface area contributed by atoms with Gasteiger partial charge in [0, 0.05) is 13.6 Å². The van der Waals surface area contributed by atoms with E-state index in [0.29, 0.717) is 12.5 Å². The van der Waals surface area contributed by atoms with E-state index in [1.807, 2.05) is 0 Å². The van der Waals surface area contributed by atoms with Crippen molar-refractivity contribution in [3.05, 3.63) is 0 Å². The summed E-state index contributed by atoms with van der Waals surface area (Å²) in [6.07, 6.45) is 6.20. The average molecular weight is 184 g/mol. The van der Waals surface area contributed by atoms with E-state index in [9.17, 15) is 4.79 Å². The molecule has 0 saturated heterocycles. The van der Waals surface area contributed by atoms with Gasteiger partial charge in [0.1, 0.15) is 0 Å². The molecule has 13 heavy (non-hydrogen) atoms. The van der Waals surface area contributed by atoms with E-state index in [1.165, 1.54) is 32.1 Å². The Balaban J connectivity index is 2.48. The normalized spacial score (nSPS) is 21.1. The Morgan fingerprint density at radius 3 is 2.54 bits per heavy atom. The van der Waals surface area contributed by atoms with Gasteiger partial charge in [-0.3, -0.25) is 4.79 Å². The van der Waals surface area contributed by atoms with Gasteiger partial charge in [-0.25, -0.2) is 0 Å². The van der Waals surface area contributed by atoms with E-state index in [2.05, 4.69) is 5.32 Å². The monoisotopic (exact) mass is 184 g/mol. The summed E-state index contributed by atoms with van der Waals surface area (Å²) in [5.41, 5.74) is 5.62. The fourth-order valence-corrected chi connectivity index (χ4v) is 2.24. The van der Waals surface area contributed by atoms with E-state index < -0.39 is 0 Å².